The highest BCUT2D eigenvalue weighted by molar-refractivity contribution is 5.94. The lowest BCUT2D eigenvalue weighted by Crippen LogP contribution is -2.39. The van der Waals surface area contributed by atoms with E-state index in [1.807, 2.05) is 31.2 Å². The Morgan fingerprint density at radius 1 is 1.10 bits per heavy atom. The van der Waals surface area contributed by atoms with E-state index in [2.05, 4.69) is 33.0 Å². The molecule has 1 aliphatic heterocycles. The zero-order valence-corrected chi connectivity index (χ0v) is 17.5. The fourth-order valence-electron chi connectivity index (χ4n) is 4.67. The molecule has 0 saturated heterocycles. The number of aromatic nitrogens is 4. The monoisotopic (exact) mass is 419 g/mol. The van der Waals surface area contributed by atoms with E-state index in [0.717, 1.165) is 48.4 Å². The number of fused-ring (bicyclic) bond motifs is 1. The fraction of sp³-hybridized carbons (Fsp3) is 0.391. The molecule has 1 fully saturated rings. The molecule has 8 heteroatoms. The number of nitrogens with zero attached hydrogens (tertiary/aromatic N) is 4. The smallest absolute Gasteiger partial charge is 0.251 e. The Labute approximate surface area is 180 Å². The standard InChI is InChI=1S/C23H25N5O3/c1-16-12-17(4-6-19(16)28-15-25-26-27-28)22(29)24-14-23(8-2-3-9-23)18-5-7-20-21(13-18)31-11-10-30-20/h4-7,12-13,15H,2-3,8-11,14H2,1H3,(H,24,29). The van der Waals surface area contributed by atoms with E-state index in [9.17, 15) is 4.79 Å². The number of nitrogens with one attached hydrogen (secondary N) is 1. The quantitative estimate of drug-likeness (QED) is 0.684. The van der Waals surface area contributed by atoms with Crippen molar-refractivity contribution >= 4 is 5.91 Å². The summed E-state index contributed by atoms with van der Waals surface area (Å²) in [5.41, 5.74) is 3.55. The van der Waals surface area contributed by atoms with Crippen molar-refractivity contribution in [3.8, 4) is 17.2 Å². The van der Waals surface area contributed by atoms with Crippen molar-refractivity contribution in [2.24, 2.45) is 0 Å². The van der Waals surface area contributed by atoms with Gasteiger partial charge >= 0.3 is 0 Å². The normalized spacial score (nSPS) is 16.8. The van der Waals surface area contributed by atoms with Crippen LogP contribution >= 0.6 is 0 Å². The number of ether oxygens (including phenoxy) is 2. The second-order valence-corrected chi connectivity index (χ2v) is 8.28. The molecule has 0 bridgehead atoms. The summed E-state index contributed by atoms with van der Waals surface area (Å²) in [5.74, 6) is 1.52. The lowest BCUT2D eigenvalue weighted by Gasteiger charge is -2.31. The Balaban J connectivity index is 1.34. The first kappa shape index (κ1) is 19.5. The molecule has 3 aromatic rings. The van der Waals surface area contributed by atoms with Gasteiger partial charge in [-0.1, -0.05) is 18.9 Å². The van der Waals surface area contributed by atoms with Gasteiger partial charge in [-0.25, -0.2) is 4.68 Å². The van der Waals surface area contributed by atoms with Gasteiger partial charge in [0.15, 0.2) is 11.5 Å². The van der Waals surface area contributed by atoms with Gasteiger partial charge < -0.3 is 14.8 Å². The van der Waals surface area contributed by atoms with Gasteiger partial charge in [0.1, 0.15) is 19.5 Å². The molecule has 1 saturated carbocycles. The minimum absolute atomic E-state index is 0.0739. The molecule has 0 spiro atoms. The second-order valence-electron chi connectivity index (χ2n) is 8.28. The summed E-state index contributed by atoms with van der Waals surface area (Å²) in [4.78, 5) is 13.0. The van der Waals surface area contributed by atoms with E-state index in [0.29, 0.717) is 25.3 Å². The summed E-state index contributed by atoms with van der Waals surface area (Å²) in [6.07, 6.45) is 5.95. The van der Waals surface area contributed by atoms with E-state index in [-0.39, 0.29) is 11.3 Å². The third-order valence-corrected chi connectivity index (χ3v) is 6.36. The highest BCUT2D eigenvalue weighted by Gasteiger charge is 2.37. The van der Waals surface area contributed by atoms with Crippen molar-refractivity contribution in [3.63, 3.8) is 0 Å². The maximum atomic E-state index is 13.0. The fourth-order valence-corrected chi connectivity index (χ4v) is 4.67. The van der Waals surface area contributed by atoms with Gasteiger partial charge in [0.05, 0.1) is 5.69 Å². The van der Waals surface area contributed by atoms with Gasteiger partial charge in [-0.2, -0.15) is 0 Å². The molecule has 31 heavy (non-hydrogen) atoms. The van der Waals surface area contributed by atoms with Crippen LogP contribution in [0.2, 0.25) is 0 Å². The van der Waals surface area contributed by atoms with Crippen LogP contribution in [0, 0.1) is 6.92 Å². The SMILES string of the molecule is Cc1cc(C(=O)NCC2(c3ccc4c(c3)OCCO4)CCCC2)ccc1-n1cnnn1. The summed E-state index contributed by atoms with van der Waals surface area (Å²) in [6, 6.07) is 11.8. The third kappa shape index (κ3) is 3.73. The van der Waals surface area contributed by atoms with Crippen LogP contribution in [0.1, 0.15) is 47.2 Å². The molecule has 1 aromatic heterocycles. The Bertz CT molecular complexity index is 1090. The molecule has 1 N–H and O–H groups in total. The average Bonchev–Trinajstić information content (AvgIpc) is 3.50. The average molecular weight is 419 g/mol. The number of hydrogen-bond acceptors (Lipinski definition) is 6. The number of aryl methyl sites for hydroxylation is 1. The molecule has 1 aliphatic carbocycles. The molecule has 2 aromatic carbocycles. The molecule has 8 nitrogen and oxygen atoms in total. The summed E-state index contributed by atoms with van der Waals surface area (Å²) >= 11 is 0. The second kappa shape index (κ2) is 8.02. The van der Waals surface area contributed by atoms with Crippen molar-refractivity contribution in [1.29, 1.82) is 0 Å². The first-order valence-electron chi connectivity index (χ1n) is 10.7. The minimum atomic E-state index is -0.0765. The van der Waals surface area contributed by atoms with Crippen LogP contribution in [0.3, 0.4) is 0 Å². The van der Waals surface area contributed by atoms with Gasteiger partial charge in [0.2, 0.25) is 0 Å². The first-order valence-corrected chi connectivity index (χ1v) is 10.7. The van der Waals surface area contributed by atoms with Crippen LogP contribution < -0.4 is 14.8 Å². The number of rotatable bonds is 5. The first-order chi connectivity index (χ1) is 15.1. The van der Waals surface area contributed by atoms with Crippen LogP contribution in [0.25, 0.3) is 5.69 Å². The summed E-state index contributed by atoms with van der Waals surface area (Å²) < 4.78 is 13.0. The van der Waals surface area contributed by atoms with Crippen molar-refractivity contribution in [2.75, 3.05) is 19.8 Å². The van der Waals surface area contributed by atoms with Gasteiger partial charge in [-0.15, -0.1) is 5.10 Å². The van der Waals surface area contributed by atoms with Crippen LogP contribution in [0.15, 0.2) is 42.7 Å². The highest BCUT2D eigenvalue weighted by atomic mass is 16.6. The molecule has 160 valence electrons. The van der Waals surface area contributed by atoms with Crippen molar-refractivity contribution in [2.45, 2.75) is 38.0 Å². The van der Waals surface area contributed by atoms with Gasteiger partial charge in [0.25, 0.3) is 5.91 Å². The van der Waals surface area contributed by atoms with Gasteiger partial charge in [-0.3, -0.25) is 4.79 Å². The Kier molecular flexibility index (Phi) is 5.05. The molecule has 0 radical (unpaired) electrons. The summed E-state index contributed by atoms with van der Waals surface area (Å²) in [5, 5.41) is 14.4. The van der Waals surface area contributed by atoms with Crippen LogP contribution in [-0.2, 0) is 5.41 Å². The van der Waals surface area contributed by atoms with E-state index < -0.39 is 0 Å². The molecular formula is C23H25N5O3. The summed E-state index contributed by atoms with van der Waals surface area (Å²) in [6.45, 7) is 3.69. The van der Waals surface area contributed by atoms with Crippen LogP contribution in [0.4, 0.5) is 0 Å². The van der Waals surface area contributed by atoms with Crippen LogP contribution in [-0.4, -0.2) is 45.9 Å². The van der Waals surface area contributed by atoms with E-state index in [1.165, 1.54) is 5.56 Å². The number of carbonyl (C=O) groups is 1. The Hall–Kier alpha value is -3.42. The lowest BCUT2D eigenvalue weighted by atomic mass is 9.78. The number of benzene rings is 2. The highest BCUT2D eigenvalue weighted by Crippen LogP contribution is 2.43. The number of hydrogen-bond donors (Lipinski definition) is 1. The number of amides is 1. The van der Waals surface area contributed by atoms with E-state index >= 15 is 0 Å². The maximum absolute atomic E-state index is 13.0. The maximum Gasteiger partial charge on any atom is 0.251 e. The van der Waals surface area contributed by atoms with Crippen molar-refractivity contribution in [3.05, 3.63) is 59.4 Å². The predicted octanol–water partition coefficient (Wildman–Crippen LogP) is 2.98. The topological polar surface area (TPSA) is 91.2 Å². The van der Waals surface area contributed by atoms with E-state index in [1.54, 1.807) is 11.0 Å². The molecule has 5 rings (SSSR count). The molecule has 2 aliphatic rings. The molecular weight excluding hydrogens is 394 g/mol. The summed E-state index contributed by atoms with van der Waals surface area (Å²) in [7, 11) is 0. The Morgan fingerprint density at radius 2 is 1.90 bits per heavy atom. The largest absolute Gasteiger partial charge is 0.486 e. The van der Waals surface area contributed by atoms with E-state index in [4.69, 9.17) is 9.47 Å². The molecule has 0 unspecified atom stereocenters. The van der Waals surface area contributed by atoms with Gasteiger partial charge in [0, 0.05) is 17.5 Å². The van der Waals surface area contributed by atoms with Crippen molar-refractivity contribution in [1.82, 2.24) is 25.5 Å². The number of tetrazole rings is 1. The Morgan fingerprint density at radius 3 is 2.65 bits per heavy atom. The molecule has 0 atom stereocenters. The van der Waals surface area contributed by atoms with Gasteiger partial charge in [-0.05, 0) is 71.7 Å². The minimum Gasteiger partial charge on any atom is -0.486 e. The molecule has 1 amide bonds. The zero-order valence-electron chi connectivity index (χ0n) is 17.5. The number of carbonyl (C=O) groups excluding carboxylic acids is 1. The van der Waals surface area contributed by atoms with Crippen LogP contribution in [0.5, 0.6) is 11.5 Å². The molecule has 2 heterocycles. The van der Waals surface area contributed by atoms with Crippen molar-refractivity contribution < 1.29 is 14.3 Å². The lowest BCUT2D eigenvalue weighted by molar-refractivity contribution is 0.0943. The third-order valence-electron chi connectivity index (χ3n) is 6.36. The predicted molar refractivity (Wildman–Crippen MR) is 114 cm³/mol. The zero-order chi connectivity index (χ0) is 21.3.